The van der Waals surface area contributed by atoms with Crippen LogP contribution < -0.4 is 5.32 Å². The zero-order valence-corrected chi connectivity index (χ0v) is 10.6. The van der Waals surface area contributed by atoms with Crippen LogP contribution in [0.5, 0.6) is 5.75 Å². The lowest BCUT2D eigenvalue weighted by Crippen LogP contribution is -2.15. The van der Waals surface area contributed by atoms with E-state index >= 15 is 0 Å². The van der Waals surface area contributed by atoms with Gasteiger partial charge in [0.2, 0.25) is 0 Å². The highest BCUT2D eigenvalue weighted by Crippen LogP contribution is 2.14. The predicted octanol–water partition coefficient (Wildman–Crippen LogP) is 2.15. The van der Waals surface area contributed by atoms with Crippen LogP contribution in [-0.2, 0) is 13.0 Å². The molecule has 18 heavy (non-hydrogen) atoms. The first-order valence-corrected chi connectivity index (χ1v) is 6.24. The Balaban J connectivity index is 1.68. The fraction of sp³-hybridized carbons (Fsp3) is 0.357. The molecular formula is C14H19N3O. The smallest absolute Gasteiger partial charge is 0.120 e. The fourth-order valence-electron chi connectivity index (χ4n) is 1.91. The first-order valence-electron chi connectivity index (χ1n) is 6.24. The monoisotopic (exact) mass is 245 g/mol. The second-order valence-electron chi connectivity index (χ2n) is 4.43. The minimum Gasteiger partial charge on any atom is -0.508 e. The molecule has 2 rings (SSSR count). The van der Waals surface area contributed by atoms with Gasteiger partial charge in [-0.1, -0.05) is 18.2 Å². The molecule has 0 aliphatic heterocycles. The van der Waals surface area contributed by atoms with Crippen molar-refractivity contribution < 1.29 is 5.11 Å². The number of benzene rings is 1. The van der Waals surface area contributed by atoms with E-state index in [1.54, 1.807) is 6.07 Å². The van der Waals surface area contributed by atoms with Crippen molar-refractivity contribution in [1.29, 1.82) is 0 Å². The first-order chi connectivity index (χ1) is 8.77. The van der Waals surface area contributed by atoms with Gasteiger partial charge in [-0.25, -0.2) is 0 Å². The lowest BCUT2D eigenvalue weighted by molar-refractivity contribution is 0.464. The van der Waals surface area contributed by atoms with Crippen molar-refractivity contribution in [2.24, 2.45) is 0 Å². The van der Waals surface area contributed by atoms with Gasteiger partial charge < -0.3 is 10.4 Å². The van der Waals surface area contributed by atoms with E-state index < -0.39 is 0 Å². The molecule has 0 saturated carbocycles. The zero-order valence-electron chi connectivity index (χ0n) is 10.6. The fourth-order valence-corrected chi connectivity index (χ4v) is 1.91. The van der Waals surface area contributed by atoms with Crippen molar-refractivity contribution in [3.05, 3.63) is 47.3 Å². The number of aromatic amines is 1. The van der Waals surface area contributed by atoms with E-state index in [9.17, 15) is 5.11 Å². The third-order valence-electron chi connectivity index (χ3n) is 3.04. The van der Waals surface area contributed by atoms with E-state index in [1.807, 2.05) is 31.3 Å². The summed E-state index contributed by atoms with van der Waals surface area (Å²) in [6, 6.07) is 7.42. The van der Waals surface area contributed by atoms with Crippen LogP contribution >= 0.6 is 0 Å². The first kappa shape index (κ1) is 12.6. The van der Waals surface area contributed by atoms with Gasteiger partial charge in [0.05, 0.1) is 6.20 Å². The lowest BCUT2D eigenvalue weighted by atomic mass is 10.1. The normalized spacial score (nSPS) is 10.7. The van der Waals surface area contributed by atoms with Gasteiger partial charge in [-0.2, -0.15) is 5.10 Å². The van der Waals surface area contributed by atoms with Crippen LogP contribution in [0.1, 0.15) is 23.2 Å². The number of aromatic nitrogens is 2. The molecule has 0 fully saturated rings. The molecule has 3 N–H and O–H groups in total. The Labute approximate surface area is 107 Å². The molecule has 1 heterocycles. The number of rotatable bonds is 6. The van der Waals surface area contributed by atoms with E-state index in [4.69, 9.17) is 0 Å². The van der Waals surface area contributed by atoms with Gasteiger partial charge in [0.25, 0.3) is 0 Å². The van der Waals surface area contributed by atoms with Crippen LogP contribution in [0.4, 0.5) is 0 Å². The Bertz CT molecular complexity index is 493. The van der Waals surface area contributed by atoms with Gasteiger partial charge in [-0.3, -0.25) is 5.10 Å². The maximum atomic E-state index is 9.60. The topological polar surface area (TPSA) is 60.9 Å². The molecule has 0 aliphatic rings. The highest BCUT2D eigenvalue weighted by molar-refractivity contribution is 5.31. The molecule has 0 aliphatic carbocycles. The molecule has 0 bridgehead atoms. The van der Waals surface area contributed by atoms with E-state index in [0.29, 0.717) is 12.3 Å². The largest absolute Gasteiger partial charge is 0.508 e. The number of phenols is 1. The Morgan fingerprint density at radius 2 is 2.11 bits per heavy atom. The average molecular weight is 245 g/mol. The van der Waals surface area contributed by atoms with Crippen molar-refractivity contribution in [1.82, 2.24) is 15.5 Å². The molecule has 0 radical (unpaired) electrons. The van der Waals surface area contributed by atoms with Crippen molar-refractivity contribution >= 4 is 0 Å². The number of aryl methyl sites for hydroxylation is 2. The summed E-state index contributed by atoms with van der Waals surface area (Å²) in [6.45, 7) is 3.67. The summed E-state index contributed by atoms with van der Waals surface area (Å²) >= 11 is 0. The number of H-pyrrole nitrogens is 1. The molecule has 1 aromatic carbocycles. The number of nitrogens with zero attached hydrogens (tertiary/aromatic N) is 1. The van der Waals surface area contributed by atoms with E-state index in [2.05, 4.69) is 15.5 Å². The number of phenolic OH excluding ortho intramolecular Hbond substituents is 1. The Hall–Kier alpha value is -1.81. The minimum absolute atomic E-state index is 0.357. The quantitative estimate of drug-likeness (QED) is 0.683. The van der Waals surface area contributed by atoms with Crippen LogP contribution in [0.3, 0.4) is 0 Å². The van der Waals surface area contributed by atoms with Gasteiger partial charge in [0.15, 0.2) is 0 Å². The molecule has 0 saturated heterocycles. The van der Waals surface area contributed by atoms with Gasteiger partial charge in [-0.15, -0.1) is 0 Å². The van der Waals surface area contributed by atoms with Gasteiger partial charge in [0.1, 0.15) is 5.75 Å². The summed E-state index contributed by atoms with van der Waals surface area (Å²) in [5.74, 6) is 0.357. The summed E-state index contributed by atoms with van der Waals surface area (Å²) in [6.07, 6.45) is 3.97. The number of nitrogens with one attached hydrogen (secondary N) is 2. The number of para-hydroxylation sites is 1. The third kappa shape index (κ3) is 3.34. The zero-order chi connectivity index (χ0) is 12.8. The highest BCUT2D eigenvalue weighted by atomic mass is 16.3. The highest BCUT2D eigenvalue weighted by Gasteiger charge is 2.01. The molecule has 0 unspecified atom stereocenters. The van der Waals surface area contributed by atoms with Crippen LogP contribution in [0.2, 0.25) is 0 Å². The molecule has 0 atom stereocenters. The molecule has 4 heteroatoms. The third-order valence-corrected chi connectivity index (χ3v) is 3.04. The maximum absolute atomic E-state index is 9.60. The van der Waals surface area contributed by atoms with Crippen molar-refractivity contribution in [2.45, 2.75) is 26.3 Å². The second kappa shape index (κ2) is 6.21. The maximum Gasteiger partial charge on any atom is 0.120 e. The van der Waals surface area contributed by atoms with E-state index in [1.165, 1.54) is 5.56 Å². The molecule has 2 aromatic rings. The van der Waals surface area contributed by atoms with Crippen molar-refractivity contribution in [3.63, 3.8) is 0 Å². The Morgan fingerprint density at radius 3 is 2.83 bits per heavy atom. The number of hydrogen-bond donors (Lipinski definition) is 3. The van der Waals surface area contributed by atoms with E-state index in [-0.39, 0.29) is 0 Å². The average Bonchev–Trinajstić information content (AvgIpc) is 2.77. The molecule has 96 valence electrons. The Kier molecular flexibility index (Phi) is 4.36. The van der Waals surface area contributed by atoms with Gasteiger partial charge >= 0.3 is 0 Å². The summed E-state index contributed by atoms with van der Waals surface area (Å²) in [5, 5.41) is 19.9. The number of aromatic hydroxyl groups is 1. The second-order valence-corrected chi connectivity index (χ2v) is 4.43. The number of hydrogen-bond acceptors (Lipinski definition) is 3. The molecule has 0 spiro atoms. The summed E-state index contributed by atoms with van der Waals surface area (Å²) < 4.78 is 0. The van der Waals surface area contributed by atoms with Gasteiger partial charge in [-0.05, 0) is 37.9 Å². The molecule has 4 nitrogen and oxygen atoms in total. The molecular weight excluding hydrogens is 226 g/mol. The van der Waals surface area contributed by atoms with Crippen LogP contribution in [0.25, 0.3) is 0 Å². The van der Waals surface area contributed by atoms with Gasteiger partial charge in [0, 0.05) is 17.8 Å². The van der Waals surface area contributed by atoms with Crippen molar-refractivity contribution in [2.75, 3.05) is 6.54 Å². The summed E-state index contributed by atoms with van der Waals surface area (Å²) in [5.41, 5.74) is 3.37. The van der Waals surface area contributed by atoms with Crippen molar-refractivity contribution in [3.8, 4) is 5.75 Å². The predicted molar refractivity (Wildman–Crippen MR) is 71.5 cm³/mol. The Morgan fingerprint density at radius 1 is 1.28 bits per heavy atom. The minimum atomic E-state index is 0.357. The SMILES string of the molecule is Cc1[nH]ncc1CCCNCc1ccccc1O. The molecule has 1 aromatic heterocycles. The molecule has 0 amide bonds. The summed E-state index contributed by atoms with van der Waals surface area (Å²) in [4.78, 5) is 0. The standard InChI is InChI=1S/C14H19N3O/c1-11-12(10-16-17-11)6-4-8-15-9-13-5-2-3-7-14(13)18/h2-3,5,7,10,15,18H,4,6,8-9H2,1H3,(H,16,17). The van der Waals surface area contributed by atoms with Crippen LogP contribution in [0.15, 0.2) is 30.5 Å². The van der Waals surface area contributed by atoms with Crippen LogP contribution in [0, 0.1) is 6.92 Å². The van der Waals surface area contributed by atoms with E-state index in [0.717, 1.165) is 30.6 Å². The van der Waals surface area contributed by atoms with Crippen LogP contribution in [-0.4, -0.2) is 21.8 Å². The summed E-state index contributed by atoms with van der Waals surface area (Å²) in [7, 11) is 0. The lowest BCUT2D eigenvalue weighted by Gasteiger charge is -2.06.